The number of rotatable bonds is 1. The molecule has 2 heterocycles. The van der Waals surface area contributed by atoms with Gasteiger partial charge in [0.2, 0.25) is 0 Å². The Kier molecular flexibility index (Phi) is 3.64. The lowest BCUT2D eigenvalue weighted by Crippen LogP contribution is -2.35. The lowest BCUT2D eigenvalue weighted by atomic mass is 9.98. The zero-order chi connectivity index (χ0) is 14.0. The van der Waals surface area contributed by atoms with Gasteiger partial charge in [0, 0.05) is 25.2 Å². The molecule has 0 radical (unpaired) electrons. The third kappa shape index (κ3) is 3.36. The van der Waals surface area contributed by atoms with Crippen molar-refractivity contribution >= 4 is 11.8 Å². The maximum Gasteiger partial charge on any atom is 0.410 e. The minimum atomic E-state index is -0.454. The number of pyridine rings is 1. The summed E-state index contributed by atoms with van der Waals surface area (Å²) in [6.45, 7) is 6.99. The van der Waals surface area contributed by atoms with Gasteiger partial charge in [-0.2, -0.15) is 0 Å². The zero-order valence-electron chi connectivity index (χ0n) is 11.7. The van der Waals surface area contributed by atoms with Crippen LogP contribution in [-0.2, 0) is 4.74 Å². The molecule has 0 aromatic carbocycles. The third-order valence-corrected chi connectivity index (χ3v) is 3.17. The number of nitrogens with zero attached hydrogens (tertiary/aromatic N) is 2. The van der Waals surface area contributed by atoms with Gasteiger partial charge in [0.25, 0.3) is 0 Å². The van der Waals surface area contributed by atoms with Crippen LogP contribution in [0, 0.1) is 0 Å². The minimum absolute atomic E-state index is 0.248. The number of ether oxygens (including phenoxy) is 1. The molecule has 2 rings (SSSR count). The second-order valence-corrected chi connectivity index (χ2v) is 5.92. The van der Waals surface area contributed by atoms with Gasteiger partial charge in [-0.3, -0.25) is 4.98 Å². The largest absolute Gasteiger partial charge is 0.444 e. The summed E-state index contributed by atoms with van der Waals surface area (Å²) in [6, 6.07) is 1.93. The highest BCUT2D eigenvalue weighted by Crippen LogP contribution is 2.30. The first-order chi connectivity index (χ1) is 8.87. The van der Waals surface area contributed by atoms with Crippen molar-refractivity contribution in [3.63, 3.8) is 0 Å². The number of nitrogen functional groups attached to an aromatic ring is 1. The van der Waals surface area contributed by atoms with Gasteiger partial charge in [0.15, 0.2) is 0 Å². The molecule has 1 aromatic rings. The number of nitrogens with two attached hydrogens (primary N) is 1. The molecule has 1 aromatic heterocycles. The van der Waals surface area contributed by atoms with Gasteiger partial charge in [-0.1, -0.05) is 0 Å². The Morgan fingerprint density at radius 2 is 2.26 bits per heavy atom. The number of carbonyl (C=O) groups excluding carboxylic acids is 1. The van der Waals surface area contributed by atoms with Crippen LogP contribution < -0.4 is 5.73 Å². The van der Waals surface area contributed by atoms with Gasteiger partial charge in [-0.15, -0.1) is 0 Å². The fourth-order valence-electron chi connectivity index (χ4n) is 2.30. The molecule has 1 unspecified atom stereocenters. The molecule has 1 atom stereocenters. The van der Waals surface area contributed by atoms with E-state index in [-0.39, 0.29) is 12.0 Å². The number of carbonyl (C=O) groups is 1. The van der Waals surface area contributed by atoms with Crippen LogP contribution >= 0.6 is 0 Å². The Balaban J connectivity index is 2.01. The molecule has 0 spiro atoms. The fraction of sp³-hybridized carbons (Fsp3) is 0.571. The molecule has 1 saturated heterocycles. The van der Waals surface area contributed by atoms with Gasteiger partial charge in [-0.05, 0) is 38.8 Å². The van der Waals surface area contributed by atoms with Gasteiger partial charge in [0.1, 0.15) is 5.60 Å². The number of aromatic nitrogens is 1. The second kappa shape index (κ2) is 5.07. The average molecular weight is 263 g/mol. The van der Waals surface area contributed by atoms with E-state index in [4.69, 9.17) is 10.5 Å². The molecule has 0 aliphatic carbocycles. The third-order valence-electron chi connectivity index (χ3n) is 3.17. The van der Waals surface area contributed by atoms with Crippen LogP contribution in [0.15, 0.2) is 18.5 Å². The number of anilines is 1. The van der Waals surface area contributed by atoms with Gasteiger partial charge in [-0.25, -0.2) is 4.79 Å². The normalized spacial score (nSPS) is 19.5. The molecule has 1 amide bonds. The van der Waals surface area contributed by atoms with Crippen molar-refractivity contribution in [2.75, 3.05) is 18.8 Å². The van der Waals surface area contributed by atoms with Crippen LogP contribution in [0.25, 0.3) is 0 Å². The molecule has 0 saturated carbocycles. The van der Waals surface area contributed by atoms with E-state index >= 15 is 0 Å². The molecular formula is C14H21N3O2. The average Bonchev–Trinajstić information content (AvgIpc) is 2.76. The molecule has 1 aliphatic heterocycles. The van der Waals surface area contributed by atoms with Crippen molar-refractivity contribution in [2.24, 2.45) is 0 Å². The topological polar surface area (TPSA) is 68.5 Å². The number of likely N-dealkylation sites (tertiary alicyclic amines) is 1. The summed E-state index contributed by atoms with van der Waals surface area (Å²) >= 11 is 0. The molecule has 19 heavy (non-hydrogen) atoms. The molecule has 104 valence electrons. The lowest BCUT2D eigenvalue weighted by molar-refractivity contribution is 0.0292. The molecule has 5 heteroatoms. The van der Waals surface area contributed by atoms with Crippen molar-refractivity contribution < 1.29 is 9.53 Å². The minimum Gasteiger partial charge on any atom is -0.444 e. The summed E-state index contributed by atoms with van der Waals surface area (Å²) in [4.78, 5) is 17.7. The van der Waals surface area contributed by atoms with Gasteiger partial charge in [0.05, 0.1) is 11.9 Å². The zero-order valence-corrected chi connectivity index (χ0v) is 11.7. The predicted octanol–water partition coefficient (Wildman–Crippen LogP) is 2.39. The molecule has 1 fully saturated rings. The van der Waals surface area contributed by atoms with Crippen LogP contribution in [0.3, 0.4) is 0 Å². The van der Waals surface area contributed by atoms with Crippen molar-refractivity contribution in [1.82, 2.24) is 9.88 Å². The van der Waals surface area contributed by atoms with Crippen LogP contribution in [0.5, 0.6) is 0 Å². The number of hydrogen-bond acceptors (Lipinski definition) is 4. The first-order valence-electron chi connectivity index (χ1n) is 6.54. The van der Waals surface area contributed by atoms with E-state index in [2.05, 4.69) is 4.98 Å². The monoisotopic (exact) mass is 263 g/mol. The number of amides is 1. The first kappa shape index (κ1) is 13.6. The Morgan fingerprint density at radius 1 is 1.53 bits per heavy atom. The van der Waals surface area contributed by atoms with E-state index < -0.39 is 5.60 Å². The summed E-state index contributed by atoms with van der Waals surface area (Å²) in [5.74, 6) is 0.274. The van der Waals surface area contributed by atoms with Crippen LogP contribution in [-0.4, -0.2) is 34.7 Å². The van der Waals surface area contributed by atoms with Crippen LogP contribution in [0.4, 0.5) is 10.5 Å². The molecule has 2 N–H and O–H groups in total. The maximum atomic E-state index is 12.0. The van der Waals surface area contributed by atoms with E-state index in [1.165, 1.54) is 0 Å². The van der Waals surface area contributed by atoms with E-state index in [1.807, 2.05) is 26.8 Å². The summed E-state index contributed by atoms with van der Waals surface area (Å²) in [6.07, 6.45) is 4.06. The highest BCUT2D eigenvalue weighted by Gasteiger charge is 2.31. The van der Waals surface area contributed by atoms with Crippen molar-refractivity contribution in [2.45, 2.75) is 38.7 Å². The molecule has 0 bridgehead atoms. The van der Waals surface area contributed by atoms with Gasteiger partial charge >= 0.3 is 6.09 Å². The smallest absolute Gasteiger partial charge is 0.410 e. The van der Waals surface area contributed by atoms with E-state index in [0.29, 0.717) is 18.8 Å². The molecule has 1 aliphatic rings. The first-order valence-corrected chi connectivity index (χ1v) is 6.54. The van der Waals surface area contributed by atoms with Crippen molar-refractivity contribution in [3.05, 3.63) is 24.0 Å². The highest BCUT2D eigenvalue weighted by molar-refractivity contribution is 5.68. The summed E-state index contributed by atoms with van der Waals surface area (Å²) < 4.78 is 5.38. The van der Waals surface area contributed by atoms with Crippen molar-refractivity contribution in [1.29, 1.82) is 0 Å². The summed E-state index contributed by atoms with van der Waals surface area (Å²) in [7, 11) is 0. The Bertz CT molecular complexity index is 468. The second-order valence-electron chi connectivity index (χ2n) is 5.92. The standard InChI is InChI=1S/C14H21N3O2/c1-14(2,3)19-13(18)17-7-5-10(9-17)11-4-6-16-8-12(11)15/h4,6,8,10H,5,7,9,15H2,1-3H3. The molecular weight excluding hydrogens is 242 g/mol. The van der Waals surface area contributed by atoms with E-state index in [1.54, 1.807) is 17.3 Å². The van der Waals surface area contributed by atoms with Crippen molar-refractivity contribution in [3.8, 4) is 0 Å². The van der Waals surface area contributed by atoms with E-state index in [9.17, 15) is 4.79 Å². The summed E-state index contributed by atoms with van der Waals surface area (Å²) in [5.41, 5.74) is 7.24. The van der Waals surface area contributed by atoms with Crippen LogP contribution in [0.2, 0.25) is 0 Å². The Morgan fingerprint density at radius 3 is 2.89 bits per heavy atom. The Hall–Kier alpha value is -1.78. The number of hydrogen-bond donors (Lipinski definition) is 1. The van der Waals surface area contributed by atoms with Gasteiger partial charge < -0.3 is 15.4 Å². The molecule has 5 nitrogen and oxygen atoms in total. The highest BCUT2D eigenvalue weighted by atomic mass is 16.6. The predicted molar refractivity (Wildman–Crippen MR) is 73.8 cm³/mol. The summed E-state index contributed by atoms with van der Waals surface area (Å²) in [5, 5.41) is 0. The quantitative estimate of drug-likeness (QED) is 0.844. The fourth-order valence-corrected chi connectivity index (χ4v) is 2.30. The van der Waals surface area contributed by atoms with Crippen LogP contribution in [0.1, 0.15) is 38.7 Å². The van der Waals surface area contributed by atoms with E-state index in [0.717, 1.165) is 12.0 Å². The Labute approximate surface area is 113 Å². The maximum absolute atomic E-state index is 12.0. The SMILES string of the molecule is CC(C)(C)OC(=O)N1CCC(c2ccncc2N)C1. The lowest BCUT2D eigenvalue weighted by Gasteiger charge is -2.24.